The van der Waals surface area contributed by atoms with Gasteiger partial charge >= 0.3 is 5.97 Å². The molecule has 0 bridgehead atoms. The molecule has 0 aliphatic heterocycles. The van der Waals surface area contributed by atoms with Gasteiger partial charge in [-0.1, -0.05) is 57.9 Å². The molecule has 0 fully saturated rings. The van der Waals surface area contributed by atoms with Gasteiger partial charge in [-0.25, -0.2) is 4.79 Å². The monoisotopic (exact) mass is 242 g/mol. The lowest BCUT2D eigenvalue weighted by molar-refractivity contribution is -0.130. The van der Waals surface area contributed by atoms with E-state index in [0.717, 1.165) is 0 Å². The Labute approximate surface area is 108 Å². The van der Waals surface area contributed by atoms with E-state index in [0.29, 0.717) is 0 Å². The zero-order chi connectivity index (χ0) is 13.6. The van der Waals surface area contributed by atoms with Crippen molar-refractivity contribution in [1.82, 2.24) is 0 Å². The first-order valence-corrected chi connectivity index (χ1v) is 6.12. The van der Waals surface area contributed by atoms with Gasteiger partial charge in [0.25, 0.3) is 0 Å². The Hall–Kier alpha value is -1.75. The molecule has 0 radical (unpaired) electrons. The predicted octanol–water partition coefficient (Wildman–Crippen LogP) is 2.96. The molecule has 0 amide bonds. The highest BCUT2D eigenvalue weighted by Crippen LogP contribution is 2.53. The van der Waals surface area contributed by atoms with Gasteiger partial charge < -0.3 is 5.11 Å². The molecule has 0 atom stereocenters. The van der Waals surface area contributed by atoms with Crippen LogP contribution in [0.25, 0.3) is 0 Å². The fourth-order valence-electron chi connectivity index (χ4n) is 3.31. The lowest BCUT2D eigenvalue weighted by Crippen LogP contribution is -2.32. The molecule has 2 heteroatoms. The van der Waals surface area contributed by atoms with E-state index in [9.17, 15) is 4.79 Å². The molecule has 0 heterocycles. The Morgan fingerprint density at radius 2 is 1.56 bits per heavy atom. The third-order valence-electron chi connectivity index (χ3n) is 4.08. The molecular weight excluding hydrogens is 224 g/mol. The molecule has 2 nitrogen and oxygen atoms in total. The maximum absolute atomic E-state index is 10.7. The van der Waals surface area contributed by atoms with Crippen molar-refractivity contribution in [2.45, 2.75) is 38.5 Å². The van der Waals surface area contributed by atoms with Crippen molar-refractivity contribution in [2.75, 3.05) is 0 Å². The molecule has 0 aromatic heterocycles. The fourth-order valence-corrected chi connectivity index (χ4v) is 3.31. The average molecular weight is 242 g/mol. The number of hydrogen-bond donors (Lipinski definition) is 1. The van der Waals surface area contributed by atoms with Crippen molar-refractivity contribution in [2.24, 2.45) is 5.92 Å². The summed E-state index contributed by atoms with van der Waals surface area (Å²) in [5.41, 5.74) is 2.31. The van der Waals surface area contributed by atoms with Crippen LogP contribution < -0.4 is 0 Å². The quantitative estimate of drug-likeness (QED) is 0.710. The Morgan fingerprint density at radius 1 is 1.11 bits per heavy atom. The van der Waals surface area contributed by atoms with E-state index in [2.05, 4.69) is 51.7 Å². The van der Waals surface area contributed by atoms with E-state index in [1.54, 1.807) is 0 Å². The van der Waals surface area contributed by atoms with Gasteiger partial charge in [-0.2, -0.15) is 0 Å². The largest absolute Gasteiger partial charge is 0.472 e. The zero-order valence-corrected chi connectivity index (χ0v) is 11.2. The van der Waals surface area contributed by atoms with Crippen molar-refractivity contribution < 1.29 is 9.90 Å². The molecule has 18 heavy (non-hydrogen) atoms. The summed E-state index contributed by atoms with van der Waals surface area (Å²) in [6.07, 6.45) is 0. The Balaban J connectivity index is 2.59. The summed E-state index contributed by atoms with van der Waals surface area (Å²) >= 11 is 0. The van der Waals surface area contributed by atoms with Gasteiger partial charge in [-0.15, -0.1) is 0 Å². The maximum Gasteiger partial charge on any atom is 0.381 e. The number of aliphatic carboxylic acids is 1. The summed E-state index contributed by atoms with van der Waals surface area (Å²) in [7, 11) is 0. The van der Waals surface area contributed by atoms with Crippen molar-refractivity contribution in [3.05, 3.63) is 35.4 Å². The second-order valence-electron chi connectivity index (χ2n) is 6.00. The molecule has 94 valence electrons. The van der Waals surface area contributed by atoms with Gasteiger partial charge in [0.2, 0.25) is 0 Å². The van der Waals surface area contributed by atoms with Gasteiger partial charge in [-0.3, -0.25) is 0 Å². The van der Waals surface area contributed by atoms with Gasteiger partial charge in [0.05, 0.1) is 0 Å². The lowest BCUT2D eigenvalue weighted by Gasteiger charge is -2.31. The minimum Gasteiger partial charge on any atom is -0.472 e. The molecule has 0 saturated carbocycles. The summed E-state index contributed by atoms with van der Waals surface area (Å²) in [5.74, 6) is 4.21. The third kappa shape index (κ3) is 1.71. The molecule has 1 N–H and O–H groups in total. The molecule has 0 unspecified atom stereocenters. The van der Waals surface area contributed by atoms with Crippen LogP contribution in [0.2, 0.25) is 0 Å². The van der Waals surface area contributed by atoms with Crippen LogP contribution in [0.1, 0.15) is 38.8 Å². The summed E-state index contributed by atoms with van der Waals surface area (Å²) < 4.78 is 0. The smallest absolute Gasteiger partial charge is 0.381 e. The molecule has 1 aliphatic rings. The summed E-state index contributed by atoms with van der Waals surface area (Å²) in [6.45, 7) is 8.56. The molecule has 1 aliphatic carbocycles. The van der Waals surface area contributed by atoms with Crippen LogP contribution in [0.5, 0.6) is 0 Å². The number of rotatable bonds is 0. The third-order valence-corrected chi connectivity index (χ3v) is 4.08. The summed E-state index contributed by atoms with van der Waals surface area (Å²) in [5, 5.41) is 8.76. The number of carbonyl (C=O) groups is 1. The first-order valence-electron chi connectivity index (χ1n) is 6.12. The summed E-state index contributed by atoms with van der Waals surface area (Å²) in [4.78, 5) is 10.7. The number of fused-ring (bicyclic) bond motifs is 1. The van der Waals surface area contributed by atoms with E-state index in [1.807, 2.05) is 12.1 Å². The van der Waals surface area contributed by atoms with E-state index < -0.39 is 5.97 Å². The topological polar surface area (TPSA) is 37.3 Å². The van der Waals surface area contributed by atoms with E-state index in [-0.39, 0.29) is 16.7 Å². The Bertz CT molecular complexity index is 521. The SMILES string of the molecule is CC1(C)c2ccccc2C(C)(C)C1C#CC(=O)O. The molecule has 2 rings (SSSR count). The van der Waals surface area contributed by atoms with Crippen LogP contribution in [0.3, 0.4) is 0 Å². The fraction of sp³-hybridized carbons (Fsp3) is 0.438. The predicted molar refractivity (Wildman–Crippen MR) is 71.4 cm³/mol. The Kier molecular flexibility index (Phi) is 2.74. The van der Waals surface area contributed by atoms with Gasteiger partial charge in [-0.05, 0) is 11.1 Å². The number of carboxylic acid groups (broad SMARTS) is 1. The standard InChI is InChI=1S/C16H18O2/c1-15(2)11-7-5-6-8-12(11)16(3,4)13(15)9-10-14(17)18/h5-8,13H,1-4H3,(H,17,18). The maximum atomic E-state index is 10.7. The van der Waals surface area contributed by atoms with Crippen LogP contribution in [-0.4, -0.2) is 11.1 Å². The zero-order valence-electron chi connectivity index (χ0n) is 11.2. The molecular formula is C16H18O2. The minimum absolute atomic E-state index is 0.0125. The van der Waals surface area contributed by atoms with Crippen molar-refractivity contribution >= 4 is 5.97 Å². The minimum atomic E-state index is -1.06. The number of hydrogen-bond acceptors (Lipinski definition) is 1. The van der Waals surface area contributed by atoms with Gasteiger partial charge in [0, 0.05) is 22.7 Å². The van der Waals surface area contributed by atoms with Gasteiger partial charge in [0.1, 0.15) is 0 Å². The molecule has 1 aromatic carbocycles. The molecule has 0 saturated heterocycles. The van der Waals surface area contributed by atoms with Crippen LogP contribution in [0.15, 0.2) is 24.3 Å². The second kappa shape index (κ2) is 3.88. The second-order valence-corrected chi connectivity index (χ2v) is 6.00. The lowest BCUT2D eigenvalue weighted by atomic mass is 9.70. The van der Waals surface area contributed by atoms with Gasteiger partial charge in [0.15, 0.2) is 0 Å². The highest BCUT2D eigenvalue weighted by atomic mass is 16.4. The summed E-state index contributed by atoms with van der Waals surface area (Å²) in [6, 6.07) is 8.31. The van der Waals surface area contributed by atoms with Crippen LogP contribution in [0, 0.1) is 17.8 Å². The number of benzene rings is 1. The first-order chi connectivity index (χ1) is 8.28. The highest BCUT2D eigenvalue weighted by Gasteiger charge is 2.50. The average Bonchev–Trinajstić information content (AvgIpc) is 2.42. The van der Waals surface area contributed by atoms with E-state index in [1.165, 1.54) is 11.1 Å². The first kappa shape index (κ1) is 12.7. The normalized spacial score (nSPS) is 19.8. The number of carboxylic acids is 1. The van der Waals surface area contributed by atoms with Crippen molar-refractivity contribution in [3.8, 4) is 11.8 Å². The Morgan fingerprint density at radius 3 is 1.94 bits per heavy atom. The molecule has 1 aromatic rings. The van der Waals surface area contributed by atoms with Crippen LogP contribution in [0.4, 0.5) is 0 Å². The highest BCUT2D eigenvalue weighted by molar-refractivity contribution is 5.86. The van der Waals surface area contributed by atoms with E-state index in [4.69, 9.17) is 5.11 Å². The van der Waals surface area contributed by atoms with Crippen LogP contribution in [-0.2, 0) is 15.6 Å². The van der Waals surface area contributed by atoms with Crippen LogP contribution >= 0.6 is 0 Å². The van der Waals surface area contributed by atoms with E-state index >= 15 is 0 Å². The molecule has 0 spiro atoms. The van der Waals surface area contributed by atoms with Crippen molar-refractivity contribution in [1.29, 1.82) is 0 Å². The van der Waals surface area contributed by atoms with Crippen molar-refractivity contribution in [3.63, 3.8) is 0 Å².